The lowest BCUT2D eigenvalue weighted by Gasteiger charge is -2.14. The molecule has 146 valence electrons. The highest BCUT2D eigenvalue weighted by Gasteiger charge is 2.15. The molecule has 0 atom stereocenters. The third-order valence-electron chi connectivity index (χ3n) is 4.53. The molecule has 5 nitrogen and oxygen atoms in total. The molecule has 0 bridgehead atoms. The fourth-order valence-electron chi connectivity index (χ4n) is 3.05. The van der Waals surface area contributed by atoms with E-state index in [2.05, 4.69) is 39.3 Å². The van der Waals surface area contributed by atoms with Crippen molar-refractivity contribution >= 4 is 40.5 Å². The smallest absolute Gasteiger partial charge is 0.267 e. The summed E-state index contributed by atoms with van der Waals surface area (Å²) in [6.45, 7) is 0.541. The monoisotopic (exact) mass is 490 g/mol. The maximum absolute atomic E-state index is 12.7. The summed E-state index contributed by atoms with van der Waals surface area (Å²) in [6, 6.07) is 12.4. The number of furan rings is 1. The second kappa shape index (κ2) is 10.3. The van der Waals surface area contributed by atoms with Gasteiger partial charge in [0.25, 0.3) is 11.8 Å². The van der Waals surface area contributed by atoms with E-state index in [-0.39, 0.29) is 17.5 Å². The van der Waals surface area contributed by atoms with Gasteiger partial charge in [-0.1, -0.05) is 29.8 Å². The molecule has 1 aliphatic carbocycles. The number of hydrogen-bond donors (Lipinski definition) is 2. The van der Waals surface area contributed by atoms with E-state index in [1.807, 2.05) is 6.07 Å². The van der Waals surface area contributed by atoms with Gasteiger partial charge in [-0.05, 0) is 79.0 Å². The minimum atomic E-state index is -0.335. The predicted octanol–water partition coefficient (Wildman–Crippen LogP) is 4.66. The van der Waals surface area contributed by atoms with Crippen molar-refractivity contribution < 1.29 is 14.0 Å². The average molecular weight is 490 g/mol. The van der Waals surface area contributed by atoms with Gasteiger partial charge in [0.1, 0.15) is 11.5 Å². The van der Waals surface area contributed by atoms with E-state index >= 15 is 0 Å². The topological polar surface area (TPSA) is 71.3 Å². The number of hydrogen-bond acceptors (Lipinski definition) is 3. The number of halogens is 1. The molecule has 0 saturated carbocycles. The Morgan fingerprint density at radius 2 is 1.93 bits per heavy atom. The van der Waals surface area contributed by atoms with Gasteiger partial charge in [0.2, 0.25) is 0 Å². The number of allylic oxidation sites excluding steroid dienone is 1. The molecule has 28 heavy (non-hydrogen) atoms. The van der Waals surface area contributed by atoms with Crippen molar-refractivity contribution in [3.05, 3.63) is 74.9 Å². The van der Waals surface area contributed by atoms with Gasteiger partial charge in [0.15, 0.2) is 3.77 Å². The first-order valence-corrected chi connectivity index (χ1v) is 10.5. The number of amides is 2. The summed E-state index contributed by atoms with van der Waals surface area (Å²) in [4.78, 5) is 25.2. The summed E-state index contributed by atoms with van der Waals surface area (Å²) in [5.41, 5.74) is 2.05. The fraction of sp³-hybridized carbons (Fsp3) is 0.273. The molecule has 0 spiro atoms. The van der Waals surface area contributed by atoms with Crippen molar-refractivity contribution in [2.24, 2.45) is 0 Å². The van der Waals surface area contributed by atoms with Crippen molar-refractivity contribution in [1.82, 2.24) is 10.6 Å². The summed E-state index contributed by atoms with van der Waals surface area (Å²) in [7, 11) is 0. The summed E-state index contributed by atoms with van der Waals surface area (Å²) in [5, 5.41) is 5.62. The number of benzene rings is 1. The zero-order valence-corrected chi connectivity index (χ0v) is 17.7. The molecule has 2 aromatic rings. The Bertz CT molecular complexity index is 884. The maximum Gasteiger partial charge on any atom is 0.267 e. The van der Waals surface area contributed by atoms with Gasteiger partial charge in [-0.25, -0.2) is 0 Å². The number of nitrogens with one attached hydrogen (secondary N) is 2. The molecular weight excluding hydrogens is 467 g/mol. The highest BCUT2D eigenvalue weighted by atomic mass is 127. The van der Waals surface area contributed by atoms with Crippen LogP contribution in [-0.2, 0) is 4.79 Å². The van der Waals surface area contributed by atoms with E-state index in [9.17, 15) is 9.59 Å². The van der Waals surface area contributed by atoms with Crippen molar-refractivity contribution in [3.8, 4) is 0 Å². The van der Waals surface area contributed by atoms with Gasteiger partial charge >= 0.3 is 0 Å². The molecule has 1 aromatic heterocycles. The molecule has 0 radical (unpaired) electrons. The van der Waals surface area contributed by atoms with Crippen LogP contribution < -0.4 is 10.6 Å². The first-order chi connectivity index (χ1) is 13.6. The van der Waals surface area contributed by atoms with Crippen molar-refractivity contribution in [3.63, 3.8) is 0 Å². The second-order valence-corrected chi connectivity index (χ2v) is 7.70. The first-order valence-electron chi connectivity index (χ1n) is 9.41. The Morgan fingerprint density at radius 1 is 1.11 bits per heavy atom. The normalized spacial score (nSPS) is 14.3. The largest absolute Gasteiger partial charge is 0.451 e. The highest BCUT2D eigenvalue weighted by molar-refractivity contribution is 14.1. The predicted molar refractivity (Wildman–Crippen MR) is 117 cm³/mol. The van der Waals surface area contributed by atoms with E-state index in [0.717, 1.165) is 19.3 Å². The lowest BCUT2D eigenvalue weighted by Crippen LogP contribution is -2.35. The Balaban J connectivity index is 1.68. The third-order valence-corrected chi connectivity index (χ3v) is 5.11. The second-order valence-electron chi connectivity index (χ2n) is 6.63. The molecule has 0 saturated heterocycles. The minimum absolute atomic E-state index is 0.164. The highest BCUT2D eigenvalue weighted by Crippen LogP contribution is 2.19. The van der Waals surface area contributed by atoms with Crippen LogP contribution >= 0.6 is 22.6 Å². The molecular formula is C22H23IN2O3. The Morgan fingerprint density at radius 3 is 2.61 bits per heavy atom. The number of carbonyl (C=O) groups excluding carboxylic acids is 2. The van der Waals surface area contributed by atoms with Crippen LogP contribution in [0.4, 0.5) is 0 Å². The minimum Gasteiger partial charge on any atom is -0.451 e. The molecule has 0 aliphatic heterocycles. The average Bonchev–Trinajstić information content (AvgIpc) is 3.13. The van der Waals surface area contributed by atoms with E-state index in [0.29, 0.717) is 21.6 Å². The molecule has 1 heterocycles. The third kappa shape index (κ3) is 6.09. The molecule has 2 N–H and O–H groups in total. The van der Waals surface area contributed by atoms with Crippen molar-refractivity contribution in [1.29, 1.82) is 0 Å². The van der Waals surface area contributed by atoms with Gasteiger partial charge in [-0.3, -0.25) is 9.59 Å². The van der Waals surface area contributed by atoms with Crippen LogP contribution in [-0.4, -0.2) is 18.4 Å². The van der Waals surface area contributed by atoms with Crippen LogP contribution in [0.25, 0.3) is 6.08 Å². The number of carbonyl (C=O) groups is 2. The van der Waals surface area contributed by atoms with E-state index in [1.54, 1.807) is 42.5 Å². The van der Waals surface area contributed by atoms with Crippen molar-refractivity contribution in [2.45, 2.75) is 32.1 Å². The summed E-state index contributed by atoms with van der Waals surface area (Å²) in [5.74, 6) is -0.150. The van der Waals surface area contributed by atoms with Gasteiger partial charge < -0.3 is 15.1 Å². The van der Waals surface area contributed by atoms with Gasteiger partial charge in [0.05, 0.1) is 0 Å². The molecule has 3 rings (SSSR count). The van der Waals surface area contributed by atoms with E-state index < -0.39 is 0 Å². The van der Waals surface area contributed by atoms with E-state index in [4.69, 9.17) is 4.42 Å². The molecule has 0 unspecified atom stereocenters. The lowest BCUT2D eigenvalue weighted by molar-refractivity contribution is -0.117. The lowest BCUT2D eigenvalue weighted by atomic mass is 9.97. The van der Waals surface area contributed by atoms with Crippen LogP contribution in [0.3, 0.4) is 0 Å². The van der Waals surface area contributed by atoms with E-state index in [1.165, 1.54) is 18.4 Å². The molecule has 1 aromatic carbocycles. The first kappa shape index (κ1) is 20.4. The van der Waals surface area contributed by atoms with Gasteiger partial charge in [0, 0.05) is 18.2 Å². The van der Waals surface area contributed by atoms with Crippen LogP contribution in [0.1, 0.15) is 48.2 Å². The molecule has 2 amide bonds. The van der Waals surface area contributed by atoms with Crippen LogP contribution in [0.15, 0.2) is 64.2 Å². The standard InChI is InChI=1S/C22H23IN2O3/c23-20-12-11-18(28-20)15-19(25-21(26)17-9-5-2-6-10-17)22(27)24-14-13-16-7-3-1-4-8-16/h2,5-7,9-12,15H,1,3-4,8,13-14H2,(H,24,27)(H,25,26). The number of rotatable bonds is 7. The van der Waals surface area contributed by atoms with Crippen LogP contribution in [0.5, 0.6) is 0 Å². The van der Waals surface area contributed by atoms with Gasteiger partial charge in [-0.15, -0.1) is 0 Å². The fourth-order valence-corrected chi connectivity index (χ4v) is 3.49. The van der Waals surface area contributed by atoms with Crippen LogP contribution in [0.2, 0.25) is 0 Å². The SMILES string of the molecule is O=C(NCCC1=CCCCC1)C(=Cc1ccc(I)o1)NC(=O)c1ccccc1. The maximum atomic E-state index is 12.7. The summed E-state index contributed by atoms with van der Waals surface area (Å²) in [6.07, 6.45) is 9.36. The molecule has 6 heteroatoms. The molecule has 0 fully saturated rings. The Kier molecular flexibility index (Phi) is 7.47. The zero-order chi connectivity index (χ0) is 19.8. The Labute approximate surface area is 178 Å². The van der Waals surface area contributed by atoms with Crippen molar-refractivity contribution in [2.75, 3.05) is 6.54 Å². The molecule has 1 aliphatic rings. The Hall–Kier alpha value is -2.35. The van der Waals surface area contributed by atoms with Gasteiger partial charge in [-0.2, -0.15) is 0 Å². The van der Waals surface area contributed by atoms with Crippen LogP contribution in [0, 0.1) is 3.77 Å². The zero-order valence-electron chi connectivity index (χ0n) is 15.5. The quantitative estimate of drug-likeness (QED) is 0.337. The summed E-state index contributed by atoms with van der Waals surface area (Å²) >= 11 is 2.06. The summed E-state index contributed by atoms with van der Waals surface area (Å²) < 4.78 is 6.23.